The molecule has 0 aliphatic rings. The average Bonchev–Trinajstić information content (AvgIpc) is 2.47. The van der Waals surface area contributed by atoms with Crippen LogP contribution >= 0.6 is 0 Å². The number of anilines is 1. The van der Waals surface area contributed by atoms with E-state index in [1.165, 1.54) is 30.5 Å². The van der Waals surface area contributed by atoms with Crippen LogP contribution < -0.4 is 10.9 Å². The van der Waals surface area contributed by atoms with E-state index in [-0.39, 0.29) is 11.3 Å². The van der Waals surface area contributed by atoms with Gasteiger partial charge >= 0.3 is 0 Å². The molecule has 22 heavy (non-hydrogen) atoms. The minimum Gasteiger partial charge on any atom is -0.493 e. The van der Waals surface area contributed by atoms with Gasteiger partial charge in [0.1, 0.15) is 11.5 Å². The number of aromatic nitrogens is 2. The number of rotatable bonds is 2. The van der Waals surface area contributed by atoms with Crippen LogP contribution in [0.1, 0.15) is 10.4 Å². The van der Waals surface area contributed by atoms with Crippen molar-refractivity contribution in [1.29, 1.82) is 0 Å². The zero-order chi connectivity index (χ0) is 15.7. The summed E-state index contributed by atoms with van der Waals surface area (Å²) in [6, 6.07) is 9.96. The lowest BCUT2D eigenvalue weighted by molar-refractivity contribution is 0.102. The Bertz CT molecular complexity index is 937. The maximum Gasteiger partial charge on any atom is 0.274 e. The molecule has 0 unspecified atom stereocenters. The zero-order valence-corrected chi connectivity index (χ0v) is 11.2. The van der Waals surface area contributed by atoms with Crippen molar-refractivity contribution in [2.75, 3.05) is 5.32 Å². The standard InChI is InChI=1S/C15H10FN3O3/c16-9-4-3-5-10(8-9)17-13(20)12-14(21)18-11-6-1-2-7-19(11)15(12)22/h1-8,21H,(H,17,20). The summed E-state index contributed by atoms with van der Waals surface area (Å²) in [6.45, 7) is 0. The summed E-state index contributed by atoms with van der Waals surface area (Å²) >= 11 is 0. The molecule has 0 spiro atoms. The first-order valence-corrected chi connectivity index (χ1v) is 6.33. The molecule has 0 aliphatic carbocycles. The summed E-state index contributed by atoms with van der Waals surface area (Å²) in [4.78, 5) is 28.2. The molecule has 1 amide bonds. The monoisotopic (exact) mass is 299 g/mol. The lowest BCUT2D eigenvalue weighted by atomic mass is 10.2. The van der Waals surface area contributed by atoms with E-state index in [1.54, 1.807) is 12.1 Å². The van der Waals surface area contributed by atoms with Gasteiger partial charge in [0.2, 0.25) is 5.88 Å². The fourth-order valence-electron chi connectivity index (χ4n) is 2.04. The molecule has 0 radical (unpaired) electrons. The number of fused-ring (bicyclic) bond motifs is 1. The van der Waals surface area contributed by atoms with Crippen LogP contribution in [0.15, 0.2) is 53.5 Å². The predicted molar refractivity (Wildman–Crippen MR) is 77.5 cm³/mol. The van der Waals surface area contributed by atoms with E-state index in [9.17, 15) is 19.1 Å². The highest BCUT2D eigenvalue weighted by molar-refractivity contribution is 6.05. The van der Waals surface area contributed by atoms with E-state index in [4.69, 9.17) is 0 Å². The minimum absolute atomic E-state index is 0.168. The van der Waals surface area contributed by atoms with Crippen LogP contribution in [0.5, 0.6) is 5.88 Å². The molecule has 2 aromatic heterocycles. The molecular weight excluding hydrogens is 289 g/mol. The molecule has 110 valence electrons. The largest absolute Gasteiger partial charge is 0.493 e. The Kier molecular flexibility index (Phi) is 3.30. The summed E-state index contributed by atoms with van der Waals surface area (Å²) in [5.41, 5.74) is -0.834. The highest BCUT2D eigenvalue weighted by Crippen LogP contribution is 2.15. The first-order valence-electron chi connectivity index (χ1n) is 6.33. The van der Waals surface area contributed by atoms with Crippen LogP contribution in [-0.4, -0.2) is 20.4 Å². The molecule has 0 fully saturated rings. The summed E-state index contributed by atoms with van der Waals surface area (Å²) < 4.78 is 14.2. The van der Waals surface area contributed by atoms with E-state index in [1.807, 2.05) is 0 Å². The van der Waals surface area contributed by atoms with Gasteiger partial charge in [-0.2, -0.15) is 4.98 Å². The number of carbonyl (C=O) groups excluding carboxylic acids is 1. The van der Waals surface area contributed by atoms with Gasteiger partial charge in [-0.1, -0.05) is 12.1 Å². The number of hydrogen-bond acceptors (Lipinski definition) is 4. The fourth-order valence-corrected chi connectivity index (χ4v) is 2.04. The topological polar surface area (TPSA) is 83.7 Å². The van der Waals surface area contributed by atoms with Gasteiger partial charge in [0.15, 0.2) is 5.56 Å². The van der Waals surface area contributed by atoms with Crippen LogP contribution in [0.25, 0.3) is 5.65 Å². The van der Waals surface area contributed by atoms with Crippen molar-refractivity contribution in [3.63, 3.8) is 0 Å². The van der Waals surface area contributed by atoms with Crippen molar-refractivity contribution in [2.45, 2.75) is 0 Å². The molecular formula is C15H10FN3O3. The molecule has 1 aromatic carbocycles. The highest BCUT2D eigenvalue weighted by atomic mass is 19.1. The molecule has 0 saturated heterocycles. The summed E-state index contributed by atoms with van der Waals surface area (Å²) in [5, 5.41) is 12.2. The maximum atomic E-state index is 13.1. The molecule has 6 nitrogen and oxygen atoms in total. The number of pyridine rings is 1. The van der Waals surface area contributed by atoms with Crippen molar-refractivity contribution in [3.05, 3.63) is 70.4 Å². The third-order valence-corrected chi connectivity index (χ3v) is 3.02. The van der Waals surface area contributed by atoms with Gasteiger partial charge in [0.25, 0.3) is 11.5 Å². The molecule has 0 aliphatic heterocycles. The van der Waals surface area contributed by atoms with Gasteiger partial charge in [0.05, 0.1) is 0 Å². The van der Waals surface area contributed by atoms with Crippen LogP contribution in [-0.2, 0) is 0 Å². The van der Waals surface area contributed by atoms with Crippen molar-refractivity contribution in [1.82, 2.24) is 9.38 Å². The summed E-state index contributed by atoms with van der Waals surface area (Å²) in [6.07, 6.45) is 1.43. The number of hydrogen-bond donors (Lipinski definition) is 2. The number of halogens is 1. The Labute approximate surface area is 123 Å². The van der Waals surface area contributed by atoms with Gasteiger partial charge < -0.3 is 10.4 Å². The lowest BCUT2D eigenvalue weighted by Gasteiger charge is -2.07. The molecule has 2 heterocycles. The van der Waals surface area contributed by atoms with Crippen LogP contribution in [0.4, 0.5) is 10.1 Å². The van der Waals surface area contributed by atoms with Gasteiger partial charge in [-0.05, 0) is 30.3 Å². The number of nitrogens with one attached hydrogen (secondary N) is 1. The minimum atomic E-state index is -0.862. The van der Waals surface area contributed by atoms with E-state index < -0.39 is 28.7 Å². The number of amides is 1. The van der Waals surface area contributed by atoms with Gasteiger partial charge in [-0.25, -0.2) is 4.39 Å². The first-order chi connectivity index (χ1) is 10.6. The smallest absolute Gasteiger partial charge is 0.274 e. The Morgan fingerprint density at radius 2 is 2.05 bits per heavy atom. The predicted octanol–water partition coefficient (Wildman–Crippen LogP) is 1.79. The molecule has 0 bridgehead atoms. The van der Waals surface area contributed by atoms with Crippen LogP contribution in [0.3, 0.4) is 0 Å². The molecule has 2 N–H and O–H groups in total. The first kappa shape index (κ1) is 13.7. The SMILES string of the molecule is O=C(Nc1cccc(F)c1)c1c(O)nc2ccccn2c1=O. The van der Waals surface area contributed by atoms with Crippen molar-refractivity contribution >= 4 is 17.2 Å². The molecule has 3 aromatic rings. The maximum absolute atomic E-state index is 13.1. The average molecular weight is 299 g/mol. The van der Waals surface area contributed by atoms with Crippen molar-refractivity contribution < 1.29 is 14.3 Å². The lowest BCUT2D eigenvalue weighted by Crippen LogP contribution is -2.27. The fraction of sp³-hybridized carbons (Fsp3) is 0. The number of nitrogens with zero attached hydrogens (tertiary/aromatic N) is 2. The number of benzene rings is 1. The second-order valence-corrected chi connectivity index (χ2v) is 4.51. The second kappa shape index (κ2) is 5.28. The van der Waals surface area contributed by atoms with Crippen LogP contribution in [0, 0.1) is 5.82 Å². The summed E-state index contributed by atoms with van der Waals surface area (Å²) in [7, 11) is 0. The Balaban J connectivity index is 2.06. The van der Waals surface area contributed by atoms with Crippen molar-refractivity contribution in [3.8, 4) is 5.88 Å². The molecule has 0 atom stereocenters. The quantitative estimate of drug-likeness (QED) is 0.755. The Morgan fingerprint density at radius 3 is 2.82 bits per heavy atom. The molecule has 0 saturated carbocycles. The normalized spacial score (nSPS) is 10.6. The zero-order valence-electron chi connectivity index (χ0n) is 11.2. The summed E-state index contributed by atoms with van der Waals surface area (Å²) in [5.74, 6) is -2.07. The highest BCUT2D eigenvalue weighted by Gasteiger charge is 2.19. The molecule has 3 rings (SSSR count). The number of carbonyl (C=O) groups is 1. The van der Waals surface area contributed by atoms with Gasteiger partial charge in [-0.3, -0.25) is 14.0 Å². The van der Waals surface area contributed by atoms with E-state index in [0.29, 0.717) is 0 Å². The third-order valence-electron chi connectivity index (χ3n) is 3.02. The Hall–Kier alpha value is -3.22. The van der Waals surface area contributed by atoms with Crippen molar-refractivity contribution in [2.24, 2.45) is 0 Å². The Morgan fingerprint density at radius 1 is 1.23 bits per heavy atom. The van der Waals surface area contributed by atoms with E-state index in [0.717, 1.165) is 10.5 Å². The van der Waals surface area contributed by atoms with Crippen LogP contribution in [0.2, 0.25) is 0 Å². The van der Waals surface area contributed by atoms with Gasteiger partial charge in [0, 0.05) is 11.9 Å². The van der Waals surface area contributed by atoms with E-state index >= 15 is 0 Å². The van der Waals surface area contributed by atoms with Gasteiger partial charge in [-0.15, -0.1) is 0 Å². The molecule has 7 heteroatoms. The third kappa shape index (κ3) is 2.39. The number of aromatic hydroxyl groups is 1. The van der Waals surface area contributed by atoms with E-state index in [2.05, 4.69) is 10.3 Å². The second-order valence-electron chi connectivity index (χ2n) is 4.51.